The first kappa shape index (κ1) is 17.9. The monoisotopic (exact) mass is 390 g/mol. The first-order valence-corrected chi connectivity index (χ1v) is 9.80. The predicted molar refractivity (Wildman–Crippen MR) is 118 cm³/mol. The first-order chi connectivity index (χ1) is 14.8. The summed E-state index contributed by atoms with van der Waals surface area (Å²) in [4.78, 5) is 18.3. The van der Waals surface area contributed by atoms with E-state index in [9.17, 15) is 4.79 Å². The van der Waals surface area contributed by atoms with Crippen molar-refractivity contribution in [1.29, 1.82) is 0 Å². The predicted octanol–water partition coefficient (Wildman–Crippen LogP) is 4.00. The van der Waals surface area contributed by atoms with Gasteiger partial charge in [-0.3, -0.25) is 9.36 Å². The van der Waals surface area contributed by atoms with Crippen molar-refractivity contribution in [3.05, 3.63) is 106 Å². The van der Waals surface area contributed by atoms with Gasteiger partial charge in [-0.1, -0.05) is 49.1 Å². The van der Waals surface area contributed by atoms with Crippen molar-refractivity contribution in [2.75, 3.05) is 0 Å². The van der Waals surface area contributed by atoms with Gasteiger partial charge < -0.3 is 0 Å². The lowest BCUT2D eigenvalue weighted by atomic mass is 10.1. The van der Waals surface area contributed by atoms with Gasteiger partial charge in [0.1, 0.15) is 5.82 Å². The van der Waals surface area contributed by atoms with Crippen molar-refractivity contribution >= 4 is 16.4 Å². The average molecular weight is 390 g/mol. The van der Waals surface area contributed by atoms with Crippen molar-refractivity contribution in [1.82, 2.24) is 19.2 Å². The minimum atomic E-state index is -0.104. The van der Waals surface area contributed by atoms with E-state index >= 15 is 0 Å². The zero-order valence-corrected chi connectivity index (χ0v) is 16.4. The van der Waals surface area contributed by atoms with E-state index in [1.165, 1.54) is 0 Å². The second-order valence-electron chi connectivity index (χ2n) is 6.90. The number of fused-ring (bicyclic) bond motifs is 2. The third-order valence-electron chi connectivity index (χ3n) is 5.06. The molecule has 0 fully saturated rings. The van der Waals surface area contributed by atoms with Crippen molar-refractivity contribution < 1.29 is 0 Å². The summed E-state index contributed by atoms with van der Waals surface area (Å²) in [5, 5.41) is 4.85. The molecule has 3 aromatic heterocycles. The topological polar surface area (TPSA) is 52.2 Å². The van der Waals surface area contributed by atoms with Crippen LogP contribution in [0.25, 0.3) is 22.1 Å². The Hall–Kier alpha value is -4.17. The third kappa shape index (κ3) is 2.96. The normalized spacial score (nSPS) is 10.8. The van der Waals surface area contributed by atoms with Crippen LogP contribution in [0.15, 0.2) is 83.9 Å². The molecular formula is C25H18N4O. The number of hydrogen-bond acceptors (Lipinski definition) is 3. The molecule has 0 aliphatic carbocycles. The number of hydrogen-bond donors (Lipinski definition) is 0. The van der Waals surface area contributed by atoms with Gasteiger partial charge in [0.15, 0.2) is 0 Å². The fourth-order valence-corrected chi connectivity index (χ4v) is 3.63. The van der Waals surface area contributed by atoms with Gasteiger partial charge in [0, 0.05) is 18.2 Å². The summed E-state index contributed by atoms with van der Waals surface area (Å²) in [6, 6.07) is 21.1. The molecule has 5 aromatic rings. The Morgan fingerprint density at radius 3 is 2.53 bits per heavy atom. The smallest absolute Gasteiger partial charge is 0.267 e. The fourth-order valence-electron chi connectivity index (χ4n) is 3.63. The molecule has 0 bridgehead atoms. The Morgan fingerprint density at radius 1 is 0.900 bits per heavy atom. The molecule has 0 saturated heterocycles. The van der Waals surface area contributed by atoms with Gasteiger partial charge >= 0.3 is 0 Å². The van der Waals surface area contributed by atoms with Crippen LogP contribution in [0.4, 0.5) is 0 Å². The van der Waals surface area contributed by atoms with Crippen molar-refractivity contribution in [2.45, 2.75) is 13.3 Å². The van der Waals surface area contributed by atoms with Gasteiger partial charge in [-0.15, -0.1) is 0 Å². The number of rotatable bonds is 2. The van der Waals surface area contributed by atoms with Gasteiger partial charge in [-0.2, -0.15) is 5.10 Å². The molecule has 5 nitrogen and oxygen atoms in total. The van der Waals surface area contributed by atoms with Crippen molar-refractivity contribution in [3.8, 4) is 17.5 Å². The van der Waals surface area contributed by atoms with E-state index in [1.807, 2.05) is 79.9 Å². The lowest BCUT2D eigenvalue weighted by molar-refractivity contribution is 0.833. The van der Waals surface area contributed by atoms with Crippen LogP contribution in [0.5, 0.6) is 0 Å². The van der Waals surface area contributed by atoms with Gasteiger partial charge in [0.25, 0.3) is 5.56 Å². The molecule has 0 atom stereocenters. The van der Waals surface area contributed by atoms with E-state index in [2.05, 4.69) is 16.9 Å². The summed E-state index contributed by atoms with van der Waals surface area (Å²) in [7, 11) is 0. The lowest BCUT2D eigenvalue weighted by Gasteiger charge is -2.13. The molecule has 0 aliphatic heterocycles. The third-order valence-corrected chi connectivity index (χ3v) is 5.06. The molecule has 0 aliphatic rings. The Labute approximate surface area is 173 Å². The van der Waals surface area contributed by atoms with Gasteiger partial charge in [-0.05, 0) is 36.4 Å². The standard InChI is InChI=1S/C25H18N4O/c1-2-23-27-21-12-8-9-18(14-15-19-17-26-28-16-7-6-13-22(19)28)24(21)25(30)29(23)20-10-4-3-5-11-20/h3-13,16-17H,2H2,1H3. The van der Waals surface area contributed by atoms with E-state index in [-0.39, 0.29) is 5.56 Å². The zero-order valence-electron chi connectivity index (χ0n) is 16.4. The molecule has 2 aromatic carbocycles. The summed E-state index contributed by atoms with van der Waals surface area (Å²) in [5.74, 6) is 7.09. The molecule has 3 heterocycles. The van der Waals surface area contributed by atoms with Crippen LogP contribution in [-0.2, 0) is 6.42 Å². The number of pyridine rings is 1. The summed E-state index contributed by atoms with van der Waals surface area (Å²) >= 11 is 0. The number of para-hydroxylation sites is 1. The molecule has 0 amide bonds. The van der Waals surface area contributed by atoms with Crippen LogP contribution in [0.3, 0.4) is 0 Å². The molecule has 144 valence electrons. The van der Waals surface area contributed by atoms with Crippen LogP contribution >= 0.6 is 0 Å². The minimum Gasteiger partial charge on any atom is -0.268 e. The van der Waals surface area contributed by atoms with Gasteiger partial charge in [0.2, 0.25) is 0 Å². The SMILES string of the molecule is CCc1nc2cccc(C#Cc3cnn4ccccc34)c2c(=O)n1-c1ccccc1. The first-order valence-electron chi connectivity index (χ1n) is 9.80. The number of aromatic nitrogens is 4. The fraction of sp³-hybridized carbons (Fsp3) is 0.0800. The average Bonchev–Trinajstić information content (AvgIpc) is 3.21. The van der Waals surface area contributed by atoms with E-state index in [4.69, 9.17) is 4.98 Å². The molecule has 5 rings (SSSR count). The van der Waals surface area contributed by atoms with E-state index in [0.717, 1.165) is 22.6 Å². The van der Waals surface area contributed by atoms with Crippen LogP contribution in [0, 0.1) is 11.8 Å². The molecule has 30 heavy (non-hydrogen) atoms. The second kappa shape index (κ2) is 7.34. The Kier molecular flexibility index (Phi) is 4.38. The molecule has 0 unspecified atom stereocenters. The van der Waals surface area contributed by atoms with E-state index in [1.54, 1.807) is 15.3 Å². The maximum Gasteiger partial charge on any atom is 0.267 e. The van der Waals surface area contributed by atoms with Crippen LogP contribution in [0.1, 0.15) is 23.9 Å². The van der Waals surface area contributed by atoms with Crippen LogP contribution < -0.4 is 5.56 Å². The van der Waals surface area contributed by atoms with Gasteiger partial charge in [-0.25, -0.2) is 9.50 Å². The van der Waals surface area contributed by atoms with E-state index in [0.29, 0.717) is 22.9 Å². The second-order valence-corrected chi connectivity index (χ2v) is 6.90. The number of aryl methyl sites for hydroxylation is 1. The highest BCUT2D eigenvalue weighted by Crippen LogP contribution is 2.17. The molecule has 5 heteroatoms. The number of nitrogens with zero attached hydrogens (tertiary/aromatic N) is 4. The minimum absolute atomic E-state index is 0.104. The van der Waals surface area contributed by atoms with E-state index < -0.39 is 0 Å². The maximum absolute atomic E-state index is 13.5. The Balaban J connectivity index is 1.74. The van der Waals surface area contributed by atoms with Crippen molar-refractivity contribution in [2.24, 2.45) is 0 Å². The Morgan fingerprint density at radius 2 is 1.70 bits per heavy atom. The molecule has 0 saturated carbocycles. The molecule has 0 radical (unpaired) electrons. The maximum atomic E-state index is 13.5. The highest BCUT2D eigenvalue weighted by Gasteiger charge is 2.13. The summed E-state index contributed by atoms with van der Waals surface area (Å²) in [6.45, 7) is 2.00. The summed E-state index contributed by atoms with van der Waals surface area (Å²) < 4.78 is 3.47. The highest BCUT2D eigenvalue weighted by atomic mass is 16.1. The van der Waals surface area contributed by atoms with Crippen molar-refractivity contribution in [3.63, 3.8) is 0 Å². The lowest BCUT2D eigenvalue weighted by Crippen LogP contribution is -2.24. The van der Waals surface area contributed by atoms with Crippen LogP contribution in [-0.4, -0.2) is 19.2 Å². The van der Waals surface area contributed by atoms with Gasteiger partial charge in [0.05, 0.1) is 33.9 Å². The molecule has 0 spiro atoms. The zero-order chi connectivity index (χ0) is 20.5. The molecular weight excluding hydrogens is 372 g/mol. The molecule has 0 N–H and O–H groups in total. The van der Waals surface area contributed by atoms with Crippen LogP contribution in [0.2, 0.25) is 0 Å². The largest absolute Gasteiger partial charge is 0.268 e. The Bertz CT molecular complexity index is 1500. The number of benzene rings is 2. The quantitative estimate of drug-likeness (QED) is 0.428. The highest BCUT2D eigenvalue weighted by molar-refractivity contribution is 5.85. The summed E-state index contributed by atoms with van der Waals surface area (Å²) in [5.41, 5.74) is 3.77. The summed E-state index contributed by atoms with van der Waals surface area (Å²) in [6.07, 6.45) is 4.27.